The summed E-state index contributed by atoms with van der Waals surface area (Å²) < 4.78 is 0. The maximum Gasteiger partial charge on any atom is 0.220 e. The zero-order valence-corrected chi connectivity index (χ0v) is 13.6. The third-order valence-corrected chi connectivity index (χ3v) is 5.52. The molecule has 2 aliphatic rings. The molecule has 4 nitrogen and oxygen atoms in total. The molecule has 1 heterocycles. The Morgan fingerprint density at radius 3 is 3.00 bits per heavy atom. The van der Waals surface area contributed by atoms with E-state index in [4.69, 9.17) is 0 Å². The van der Waals surface area contributed by atoms with Gasteiger partial charge >= 0.3 is 0 Å². The van der Waals surface area contributed by atoms with Gasteiger partial charge in [-0.3, -0.25) is 4.79 Å². The van der Waals surface area contributed by atoms with Crippen LogP contribution in [0.25, 0.3) is 11.0 Å². The lowest BCUT2D eigenvalue weighted by Gasteiger charge is -2.29. The van der Waals surface area contributed by atoms with Gasteiger partial charge in [0.05, 0.1) is 11.0 Å². The number of imidazole rings is 1. The number of rotatable bonds is 5. The molecule has 0 radical (unpaired) electrons. The van der Waals surface area contributed by atoms with E-state index in [1.165, 1.54) is 32.1 Å². The number of amides is 1. The van der Waals surface area contributed by atoms with Crippen LogP contribution in [0.4, 0.5) is 0 Å². The van der Waals surface area contributed by atoms with Crippen LogP contribution in [0.3, 0.4) is 0 Å². The van der Waals surface area contributed by atoms with Crippen molar-refractivity contribution in [3.8, 4) is 0 Å². The van der Waals surface area contributed by atoms with Gasteiger partial charge in [0.15, 0.2) is 0 Å². The van der Waals surface area contributed by atoms with E-state index in [0.29, 0.717) is 17.9 Å². The van der Waals surface area contributed by atoms with Crippen molar-refractivity contribution in [3.63, 3.8) is 0 Å². The molecule has 1 spiro atoms. The van der Waals surface area contributed by atoms with Crippen LogP contribution in [0.5, 0.6) is 0 Å². The van der Waals surface area contributed by atoms with Crippen LogP contribution in [0, 0.1) is 5.41 Å². The van der Waals surface area contributed by atoms with Crippen LogP contribution in [-0.4, -0.2) is 21.9 Å². The lowest BCUT2D eigenvalue weighted by Crippen LogP contribution is -2.38. The van der Waals surface area contributed by atoms with Crippen molar-refractivity contribution in [1.29, 1.82) is 0 Å². The van der Waals surface area contributed by atoms with Gasteiger partial charge in [-0.05, 0) is 56.1 Å². The van der Waals surface area contributed by atoms with Gasteiger partial charge in [-0.2, -0.15) is 0 Å². The predicted molar refractivity (Wildman–Crippen MR) is 91.1 cm³/mol. The quantitative estimate of drug-likeness (QED) is 0.884. The lowest BCUT2D eigenvalue weighted by atomic mass is 9.83. The van der Waals surface area contributed by atoms with E-state index in [9.17, 15) is 4.79 Å². The average molecular weight is 311 g/mol. The fraction of sp³-hybridized carbons (Fsp3) is 0.579. The molecule has 0 bridgehead atoms. The number of nitrogens with one attached hydrogen (secondary N) is 2. The molecule has 2 fully saturated rings. The SMILES string of the molecule is O=C(CCCc1nc2ccccc2[nH]1)NC1CCCC2(CC2)C1. The number of para-hydroxylation sites is 2. The predicted octanol–water partition coefficient (Wildman–Crippen LogP) is 3.72. The fourth-order valence-electron chi connectivity index (χ4n) is 4.04. The van der Waals surface area contributed by atoms with Crippen molar-refractivity contribution in [1.82, 2.24) is 15.3 Å². The second-order valence-electron chi connectivity index (χ2n) is 7.41. The molecule has 4 rings (SSSR count). The minimum absolute atomic E-state index is 0.212. The summed E-state index contributed by atoms with van der Waals surface area (Å²) in [5, 5.41) is 3.26. The van der Waals surface area contributed by atoms with Crippen LogP contribution in [0.15, 0.2) is 24.3 Å². The molecule has 0 aliphatic heterocycles. The first-order chi connectivity index (χ1) is 11.2. The van der Waals surface area contributed by atoms with Gasteiger partial charge in [0, 0.05) is 18.9 Å². The van der Waals surface area contributed by atoms with Crippen LogP contribution >= 0.6 is 0 Å². The number of carbonyl (C=O) groups is 1. The smallest absolute Gasteiger partial charge is 0.220 e. The molecular weight excluding hydrogens is 286 g/mol. The van der Waals surface area contributed by atoms with Gasteiger partial charge in [-0.25, -0.2) is 4.98 Å². The molecule has 2 aromatic rings. The molecule has 122 valence electrons. The van der Waals surface area contributed by atoms with Crippen LogP contribution in [0.2, 0.25) is 0 Å². The topological polar surface area (TPSA) is 57.8 Å². The molecule has 2 N–H and O–H groups in total. The summed E-state index contributed by atoms with van der Waals surface area (Å²) in [6.07, 6.45) is 10.1. The summed E-state index contributed by atoms with van der Waals surface area (Å²) in [4.78, 5) is 20.1. The van der Waals surface area contributed by atoms with Crippen LogP contribution in [0.1, 0.15) is 57.2 Å². The number of aromatic nitrogens is 2. The molecule has 23 heavy (non-hydrogen) atoms. The number of hydrogen-bond donors (Lipinski definition) is 2. The highest BCUT2D eigenvalue weighted by Crippen LogP contribution is 2.56. The van der Waals surface area contributed by atoms with Crippen molar-refractivity contribution in [2.75, 3.05) is 0 Å². The first kappa shape index (κ1) is 14.7. The van der Waals surface area contributed by atoms with Crippen molar-refractivity contribution in [3.05, 3.63) is 30.1 Å². The Kier molecular flexibility index (Phi) is 3.83. The summed E-state index contributed by atoms with van der Waals surface area (Å²) in [6.45, 7) is 0. The molecule has 1 aromatic carbocycles. The maximum absolute atomic E-state index is 12.2. The second kappa shape index (κ2) is 5.99. The van der Waals surface area contributed by atoms with Crippen molar-refractivity contribution in [2.45, 2.75) is 63.8 Å². The first-order valence-electron chi connectivity index (χ1n) is 8.96. The molecule has 2 saturated carbocycles. The van der Waals surface area contributed by atoms with E-state index in [1.807, 2.05) is 24.3 Å². The summed E-state index contributed by atoms with van der Waals surface area (Å²) >= 11 is 0. The largest absolute Gasteiger partial charge is 0.353 e. The fourth-order valence-corrected chi connectivity index (χ4v) is 4.04. The van der Waals surface area contributed by atoms with Gasteiger partial charge in [0.25, 0.3) is 0 Å². The van der Waals surface area contributed by atoms with E-state index in [1.54, 1.807) is 0 Å². The molecule has 0 saturated heterocycles. The van der Waals surface area contributed by atoms with Crippen molar-refractivity contribution in [2.24, 2.45) is 5.41 Å². The third kappa shape index (κ3) is 3.41. The normalized spacial score (nSPS) is 22.3. The minimum atomic E-state index is 0.212. The Hall–Kier alpha value is -1.84. The highest BCUT2D eigenvalue weighted by molar-refractivity contribution is 5.76. The van der Waals surface area contributed by atoms with E-state index < -0.39 is 0 Å². The summed E-state index contributed by atoms with van der Waals surface area (Å²) in [7, 11) is 0. The van der Waals surface area contributed by atoms with Gasteiger partial charge in [0.1, 0.15) is 5.82 Å². The summed E-state index contributed by atoms with van der Waals surface area (Å²) in [6, 6.07) is 8.48. The Bertz CT molecular complexity index is 668. The van der Waals surface area contributed by atoms with Gasteiger partial charge in [-0.1, -0.05) is 18.6 Å². The number of hydrogen-bond acceptors (Lipinski definition) is 2. The Morgan fingerprint density at radius 1 is 1.30 bits per heavy atom. The maximum atomic E-state index is 12.2. The van der Waals surface area contributed by atoms with E-state index in [0.717, 1.165) is 36.1 Å². The molecule has 1 aromatic heterocycles. The Balaban J connectivity index is 1.23. The number of benzene rings is 1. The Labute approximate surface area is 137 Å². The monoisotopic (exact) mass is 311 g/mol. The number of aryl methyl sites for hydroxylation is 1. The lowest BCUT2D eigenvalue weighted by molar-refractivity contribution is -0.122. The summed E-state index contributed by atoms with van der Waals surface area (Å²) in [5.74, 6) is 1.19. The number of fused-ring (bicyclic) bond motifs is 1. The number of carbonyl (C=O) groups excluding carboxylic acids is 1. The second-order valence-corrected chi connectivity index (χ2v) is 7.41. The molecule has 1 atom stereocenters. The van der Waals surface area contributed by atoms with Gasteiger partial charge < -0.3 is 10.3 Å². The van der Waals surface area contributed by atoms with Crippen molar-refractivity contribution < 1.29 is 4.79 Å². The van der Waals surface area contributed by atoms with Gasteiger partial charge in [-0.15, -0.1) is 0 Å². The molecule has 1 unspecified atom stereocenters. The van der Waals surface area contributed by atoms with Crippen molar-refractivity contribution >= 4 is 16.9 Å². The Morgan fingerprint density at radius 2 is 2.17 bits per heavy atom. The molecule has 1 amide bonds. The van der Waals surface area contributed by atoms with Gasteiger partial charge in [0.2, 0.25) is 5.91 Å². The summed E-state index contributed by atoms with van der Waals surface area (Å²) in [5.41, 5.74) is 2.69. The number of nitrogens with zero attached hydrogens (tertiary/aromatic N) is 1. The molecule has 4 heteroatoms. The average Bonchev–Trinajstić information content (AvgIpc) is 3.13. The highest BCUT2D eigenvalue weighted by Gasteiger charge is 2.45. The molecular formula is C19H25N3O. The highest BCUT2D eigenvalue weighted by atomic mass is 16.1. The number of H-pyrrole nitrogens is 1. The zero-order chi connectivity index (χ0) is 15.7. The standard InChI is InChI=1S/C19H25N3O/c23-18(20-14-5-4-10-19(13-14)11-12-19)9-3-8-17-21-15-6-1-2-7-16(15)22-17/h1-2,6-7,14H,3-5,8-13H2,(H,20,23)(H,21,22). The van der Waals surface area contributed by atoms with Crippen LogP contribution in [-0.2, 0) is 11.2 Å². The minimum Gasteiger partial charge on any atom is -0.353 e. The third-order valence-electron chi connectivity index (χ3n) is 5.52. The van der Waals surface area contributed by atoms with Crippen LogP contribution < -0.4 is 5.32 Å². The van der Waals surface area contributed by atoms with E-state index in [-0.39, 0.29) is 5.91 Å². The number of aromatic amines is 1. The van der Waals surface area contributed by atoms with E-state index in [2.05, 4.69) is 15.3 Å². The van der Waals surface area contributed by atoms with E-state index >= 15 is 0 Å². The zero-order valence-electron chi connectivity index (χ0n) is 13.6. The first-order valence-corrected chi connectivity index (χ1v) is 8.96. The molecule has 2 aliphatic carbocycles.